The van der Waals surface area contributed by atoms with E-state index in [1.54, 1.807) is 5.57 Å². The van der Waals surface area contributed by atoms with Crippen LogP contribution in [-0.2, 0) is 0 Å². The summed E-state index contributed by atoms with van der Waals surface area (Å²) in [7, 11) is 0. The van der Waals surface area contributed by atoms with E-state index in [1.165, 1.54) is 32.1 Å². The zero-order valence-corrected chi connectivity index (χ0v) is 13.1. The molecule has 6 unspecified atom stereocenters. The molecule has 0 aromatic rings. The van der Waals surface area contributed by atoms with Crippen molar-refractivity contribution in [1.29, 1.82) is 5.41 Å². The van der Waals surface area contributed by atoms with Crippen LogP contribution in [0.15, 0.2) is 23.8 Å². The average Bonchev–Trinajstić information content (AvgIpc) is 2.76. The first kappa shape index (κ1) is 13.8. The molecule has 6 atom stereocenters. The third-order valence-electron chi connectivity index (χ3n) is 7.37. The minimum Gasteiger partial charge on any atom is -0.393 e. The van der Waals surface area contributed by atoms with E-state index in [-0.39, 0.29) is 11.5 Å². The normalized spacial score (nSPS) is 49.2. The third kappa shape index (κ3) is 1.84. The van der Waals surface area contributed by atoms with Gasteiger partial charge in [-0.3, -0.25) is 0 Å². The molecule has 0 spiro atoms. The van der Waals surface area contributed by atoms with E-state index in [2.05, 4.69) is 19.6 Å². The Kier molecular flexibility index (Phi) is 2.98. The van der Waals surface area contributed by atoms with E-state index >= 15 is 0 Å². The number of aliphatic hydroxyl groups is 1. The average molecular weight is 285 g/mol. The Morgan fingerprint density at radius 1 is 1.24 bits per heavy atom. The van der Waals surface area contributed by atoms with E-state index in [1.807, 2.05) is 0 Å². The van der Waals surface area contributed by atoms with Crippen LogP contribution in [0.2, 0.25) is 0 Å². The molecule has 2 nitrogen and oxygen atoms in total. The Hall–Kier alpha value is -0.890. The van der Waals surface area contributed by atoms with Gasteiger partial charge in [-0.2, -0.15) is 0 Å². The molecule has 0 saturated heterocycles. The van der Waals surface area contributed by atoms with Crippen LogP contribution in [0.1, 0.15) is 51.9 Å². The molecule has 3 fully saturated rings. The first-order valence-electron chi connectivity index (χ1n) is 8.66. The van der Waals surface area contributed by atoms with Crippen LogP contribution in [0.4, 0.5) is 0 Å². The highest BCUT2D eigenvalue weighted by Crippen LogP contribution is 2.61. The van der Waals surface area contributed by atoms with Crippen LogP contribution in [0.5, 0.6) is 0 Å². The largest absolute Gasteiger partial charge is 0.393 e. The molecule has 2 N–H and O–H groups in total. The Morgan fingerprint density at radius 2 is 2.05 bits per heavy atom. The maximum atomic E-state index is 10.4. The quantitative estimate of drug-likeness (QED) is 0.691. The number of aliphatic hydroxyl groups excluding tert-OH is 1. The van der Waals surface area contributed by atoms with Crippen molar-refractivity contribution in [1.82, 2.24) is 0 Å². The molecule has 0 heterocycles. The number of hydrogen-bond donors (Lipinski definition) is 2. The highest BCUT2D eigenvalue weighted by atomic mass is 16.3. The van der Waals surface area contributed by atoms with E-state index < -0.39 is 0 Å². The molecule has 0 aliphatic heterocycles. The standard InChI is InChI=1S/C19H27NO/c1-11-9-12-3-4-14-13(15(12)10-17(11)20)7-8-19(2)16(14)5-6-18(19)21/h9,13-16,18,20-21H,1,3-8,10H2,2H3. The third-order valence-corrected chi connectivity index (χ3v) is 7.37. The second kappa shape index (κ2) is 4.55. The molecule has 21 heavy (non-hydrogen) atoms. The summed E-state index contributed by atoms with van der Waals surface area (Å²) in [6.07, 6.45) is 10.2. The maximum absolute atomic E-state index is 10.4. The molecule has 2 heteroatoms. The van der Waals surface area contributed by atoms with Gasteiger partial charge in [0.1, 0.15) is 0 Å². The molecule has 3 saturated carbocycles. The van der Waals surface area contributed by atoms with E-state index in [0.29, 0.717) is 11.8 Å². The summed E-state index contributed by atoms with van der Waals surface area (Å²) in [5, 5.41) is 18.6. The Labute approximate surface area is 127 Å². The fourth-order valence-electron chi connectivity index (χ4n) is 6.12. The lowest BCUT2D eigenvalue weighted by molar-refractivity contribution is -0.0511. The molecular formula is C19H27NO. The molecule has 0 bridgehead atoms. The summed E-state index contributed by atoms with van der Waals surface area (Å²) >= 11 is 0. The summed E-state index contributed by atoms with van der Waals surface area (Å²) < 4.78 is 0. The van der Waals surface area contributed by atoms with Gasteiger partial charge < -0.3 is 10.5 Å². The number of hydrogen-bond acceptors (Lipinski definition) is 2. The fraction of sp³-hybridized carbons (Fsp3) is 0.737. The van der Waals surface area contributed by atoms with Gasteiger partial charge in [0, 0.05) is 5.71 Å². The molecular weight excluding hydrogens is 258 g/mol. The lowest BCUT2D eigenvalue weighted by Crippen LogP contribution is -2.47. The monoisotopic (exact) mass is 285 g/mol. The summed E-state index contributed by atoms with van der Waals surface area (Å²) in [5.41, 5.74) is 3.44. The van der Waals surface area contributed by atoms with E-state index in [4.69, 9.17) is 5.41 Å². The molecule has 4 aliphatic rings. The van der Waals surface area contributed by atoms with Gasteiger partial charge in [0.2, 0.25) is 0 Å². The van der Waals surface area contributed by atoms with Crippen LogP contribution in [0, 0.1) is 34.5 Å². The van der Waals surface area contributed by atoms with Gasteiger partial charge >= 0.3 is 0 Å². The van der Waals surface area contributed by atoms with Crippen molar-refractivity contribution in [3.05, 3.63) is 23.8 Å². The second-order valence-corrected chi connectivity index (χ2v) is 8.14. The van der Waals surface area contributed by atoms with Gasteiger partial charge in [0.25, 0.3) is 0 Å². The van der Waals surface area contributed by atoms with Crippen molar-refractivity contribution < 1.29 is 5.11 Å². The predicted molar refractivity (Wildman–Crippen MR) is 85.3 cm³/mol. The Balaban J connectivity index is 1.65. The second-order valence-electron chi connectivity index (χ2n) is 8.14. The van der Waals surface area contributed by atoms with Crippen LogP contribution in [0.3, 0.4) is 0 Å². The molecule has 4 rings (SSSR count). The predicted octanol–water partition coefficient (Wildman–Crippen LogP) is 4.11. The molecule has 0 aromatic heterocycles. The SMILES string of the molecule is C=C1C=C2CCC3C(CCC4(C)C(O)CCC34)C2CC1=N. The van der Waals surface area contributed by atoms with Gasteiger partial charge in [-0.15, -0.1) is 0 Å². The zero-order chi connectivity index (χ0) is 14.8. The number of allylic oxidation sites excluding steroid dienone is 3. The van der Waals surface area contributed by atoms with E-state index in [0.717, 1.165) is 36.0 Å². The number of nitrogens with one attached hydrogen (secondary N) is 1. The number of rotatable bonds is 0. The topological polar surface area (TPSA) is 44.1 Å². The minimum atomic E-state index is -0.0789. The molecule has 0 aromatic carbocycles. The highest BCUT2D eigenvalue weighted by Gasteiger charge is 2.55. The van der Waals surface area contributed by atoms with Crippen molar-refractivity contribution in [3.8, 4) is 0 Å². The van der Waals surface area contributed by atoms with Crippen LogP contribution < -0.4 is 0 Å². The first-order chi connectivity index (χ1) is 10.0. The summed E-state index contributed by atoms with van der Waals surface area (Å²) in [6.45, 7) is 6.37. The van der Waals surface area contributed by atoms with Crippen molar-refractivity contribution in [2.75, 3.05) is 0 Å². The van der Waals surface area contributed by atoms with Crippen molar-refractivity contribution in [2.45, 2.75) is 58.0 Å². The highest BCUT2D eigenvalue weighted by molar-refractivity contribution is 6.01. The first-order valence-corrected chi connectivity index (χ1v) is 8.66. The van der Waals surface area contributed by atoms with Gasteiger partial charge in [-0.25, -0.2) is 0 Å². The molecule has 0 amide bonds. The summed E-state index contributed by atoms with van der Waals surface area (Å²) in [6, 6.07) is 0. The van der Waals surface area contributed by atoms with Crippen molar-refractivity contribution in [3.63, 3.8) is 0 Å². The lowest BCUT2D eigenvalue weighted by atomic mass is 9.52. The Morgan fingerprint density at radius 3 is 2.86 bits per heavy atom. The summed E-state index contributed by atoms with van der Waals surface area (Å²) in [5.74, 6) is 2.85. The maximum Gasteiger partial charge on any atom is 0.0596 e. The summed E-state index contributed by atoms with van der Waals surface area (Å²) in [4.78, 5) is 0. The smallest absolute Gasteiger partial charge is 0.0596 e. The van der Waals surface area contributed by atoms with Crippen LogP contribution >= 0.6 is 0 Å². The van der Waals surface area contributed by atoms with E-state index in [9.17, 15) is 5.11 Å². The van der Waals surface area contributed by atoms with Gasteiger partial charge in [-0.1, -0.05) is 25.2 Å². The fourth-order valence-corrected chi connectivity index (χ4v) is 6.12. The lowest BCUT2D eigenvalue weighted by Gasteiger charge is -2.53. The van der Waals surface area contributed by atoms with Crippen LogP contribution in [0.25, 0.3) is 0 Å². The Bertz CT molecular complexity index is 534. The molecule has 114 valence electrons. The zero-order valence-electron chi connectivity index (χ0n) is 13.1. The van der Waals surface area contributed by atoms with Gasteiger partial charge in [0.05, 0.1) is 6.10 Å². The van der Waals surface area contributed by atoms with Gasteiger partial charge in [-0.05, 0) is 79.6 Å². The van der Waals surface area contributed by atoms with Crippen LogP contribution in [-0.4, -0.2) is 16.9 Å². The molecule has 4 aliphatic carbocycles. The van der Waals surface area contributed by atoms with Gasteiger partial charge in [0.15, 0.2) is 0 Å². The minimum absolute atomic E-state index is 0.0789. The van der Waals surface area contributed by atoms with Crippen molar-refractivity contribution >= 4 is 5.71 Å². The number of fused-ring (bicyclic) bond motifs is 5. The van der Waals surface area contributed by atoms with Crippen molar-refractivity contribution in [2.24, 2.45) is 29.1 Å². The molecule has 0 radical (unpaired) electrons.